The molecular formula is C15H17NO4S. The van der Waals surface area contributed by atoms with Crippen LogP contribution in [0.2, 0.25) is 0 Å². The number of sulfone groups is 1. The van der Waals surface area contributed by atoms with E-state index in [9.17, 15) is 13.2 Å². The van der Waals surface area contributed by atoms with Crippen LogP contribution in [0.3, 0.4) is 0 Å². The van der Waals surface area contributed by atoms with Gasteiger partial charge in [-0.15, -0.1) is 0 Å². The molecule has 0 fully saturated rings. The third-order valence-corrected chi connectivity index (χ3v) is 4.96. The van der Waals surface area contributed by atoms with E-state index in [4.69, 9.17) is 4.42 Å². The molecule has 0 radical (unpaired) electrons. The van der Waals surface area contributed by atoms with Crippen molar-refractivity contribution < 1.29 is 17.6 Å². The van der Waals surface area contributed by atoms with Gasteiger partial charge in [0.2, 0.25) is 0 Å². The number of carbonyl (C=O) groups excluding carboxylic acids is 1. The summed E-state index contributed by atoms with van der Waals surface area (Å²) < 4.78 is 28.7. The summed E-state index contributed by atoms with van der Waals surface area (Å²) in [6.07, 6.45) is 3.09. The molecule has 1 aromatic heterocycles. The molecule has 1 N–H and O–H groups in total. The van der Waals surface area contributed by atoms with Gasteiger partial charge >= 0.3 is 0 Å². The Bertz CT molecular complexity index is 720. The second kappa shape index (κ2) is 6.13. The lowest BCUT2D eigenvalue weighted by Crippen LogP contribution is -2.26. The molecule has 21 heavy (non-hydrogen) atoms. The summed E-state index contributed by atoms with van der Waals surface area (Å²) in [5.41, 5.74) is 1.17. The van der Waals surface area contributed by atoms with E-state index < -0.39 is 9.84 Å². The molecule has 0 aliphatic heterocycles. The maximum atomic E-state index is 12.2. The van der Waals surface area contributed by atoms with E-state index in [-0.39, 0.29) is 22.6 Å². The van der Waals surface area contributed by atoms with Gasteiger partial charge in [0.05, 0.1) is 29.2 Å². The van der Waals surface area contributed by atoms with Gasteiger partial charge in [-0.2, -0.15) is 0 Å². The Hall–Kier alpha value is -2.08. The highest BCUT2D eigenvalue weighted by Gasteiger charge is 2.16. The zero-order chi connectivity index (χ0) is 15.5. The van der Waals surface area contributed by atoms with Crippen LogP contribution in [0.15, 0.2) is 52.2 Å². The first-order valence-electron chi connectivity index (χ1n) is 6.60. The van der Waals surface area contributed by atoms with Gasteiger partial charge in [0.1, 0.15) is 0 Å². The Labute approximate surface area is 123 Å². The smallest absolute Gasteiger partial charge is 0.251 e. The molecule has 1 aromatic carbocycles. The van der Waals surface area contributed by atoms with Crippen LogP contribution in [0, 0.1) is 0 Å². The van der Waals surface area contributed by atoms with Crippen molar-refractivity contribution >= 4 is 15.7 Å². The topological polar surface area (TPSA) is 76.4 Å². The molecular weight excluding hydrogens is 290 g/mol. The lowest BCUT2D eigenvalue weighted by Gasteiger charge is -2.12. The van der Waals surface area contributed by atoms with Crippen LogP contribution in [0.1, 0.15) is 35.8 Å². The maximum absolute atomic E-state index is 12.2. The number of rotatable bonds is 5. The van der Waals surface area contributed by atoms with E-state index >= 15 is 0 Å². The van der Waals surface area contributed by atoms with Crippen molar-refractivity contribution in [1.29, 1.82) is 0 Å². The number of hydrogen-bond donors (Lipinski definition) is 1. The van der Waals surface area contributed by atoms with Gasteiger partial charge in [-0.3, -0.25) is 4.79 Å². The molecule has 1 atom stereocenters. The van der Waals surface area contributed by atoms with E-state index in [0.29, 0.717) is 5.56 Å². The highest BCUT2D eigenvalue weighted by Crippen LogP contribution is 2.16. The van der Waals surface area contributed by atoms with Crippen molar-refractivity contribution in [3.63, 3.8) is 0 Å². The fourth-order valence-electron chi connectivity index (χ4n) is 1.88. The van der Waals surface area contributed by atoms with E-state index in [0.717, 1.165) is 5.56 Å². The van der Waals surface area contributed by atoms with Crippen LogP contribution < -0.4 is 5.32 Å². The second-order valence-electron chi connectivity index (χ2n) is 4.68. The normalized spacial score (nSPS) is 12.9. The van der Waals surface area contributed by atoms with Gasteiger partial charge in [0.15, 0.2) is 9.84 Å². The minimum Gasteiger partial charge on any atom is -0.472 e. The predicted octanol–water partition coefficient (Wildman–Crippen LogP) is 2.56. The van der Waals surface area contributed by atoms with Gasteiger partial charge in [0.25, 0.3) is 5.91 Å². The Kier molecular flexibility index (Phi) is 4.47. The van der Waals surface area contributed by atoms with Crippen LogP contribution in [0.5, 0.6) is 0 Å². The third-order valence-electron chi connectivity index (χ3n) is 3.23. The van der Waals surface area contributed by atoms with Crippen molar-refractivity contribution in [3.05, 3.63) is 54.0 Å². The van der Waals surface area contributed by atoms with Crippen LogP contribution in [-0.2, 0) is 9.84 Å². The molecule has 1 amide bonds. The summed E-state index contributed by atoms with van der Waals surface area (Å²) in [7, 11) is -3.32. The van der Waals surface area contributed by atoms with Crippen molar-refractivity contribution in [2.24, 2.45) is 0 Å². The highest BCUT2D eigenvalue weighted by molar-refractivity contribution is 7.91. The van der Waals surface area contributed by atoms with Gasteiger partial charge < -0.3 is 9.73 Å². The molecule has 1 unspecified atom stereocenters. The van der Waals surface area contributed by atoms with Crippen LogP contribution in [0.4, 0.5) is 0 Å². The fraction of sp³-hybridized carbons (Fsp3) is 0.267. The summed E-state index contributed by atoms with van der Waals surface area (Å²) >= 11 is 0. The third kappa shape index (κ3) is 3.52. The Balaban J connectivity index is 2.19. The van der Waals surface area contributed by atoms with Crippen molar-refractivity contribution in [2.45, 2.75) is 24.8 Å². The SMILES string of the molecule is CCS(=O)(=O)c1cccc(C(=O)NC(C)c2ccoc2)c1. The molecule has 0 saturated carbocycles. The Morgan fingerprint density at radius 3 is 2.71 bits per heavy atom. The zero-order valence-electron chi connectivity index (χ0n) is 11.9. The molecule has 1 heterocycles. The molecule has 0 aliphatic rings. The van der Waals surface area contributed by atoms with E-state index in [1.54, 1.807) is 31.4 Å². The van der Waals surface area contributed by atoms with Gasteiger partial charge in [-0.05, 0) is 31.2 Å². The summed E-state index contributed by atoms with van der Waals surface area (Å²) in [4.78, 5) is 12.3. The van der Waals surface area contributed by atoms with Gasteiger partial charge in [-0.1, -0.05) is 13.0 Å². The van der Waals surface area contributed by atoms with E-state index in [1.165, 1.54) is 18.4 Å². The standard InChI is InChI=1S/C15H17NO4S/c1-3-21(18,19)14-6-4-5-12(9-14)15(17)16-11(2)13-7-8-20-10-13/h4-11H,3H2,1-2H3,(H,16,17). The molecule has 2 rings (SSSR count). The summed E-state index contributed by atoms with van der Waals surface area (Å²) in [5, 5.41) is 2.80. The molecule has 6 heteroatoms. The molecule has 5 nitrogen and oxygen atoms in total. The first kappa shape index (κ1) is 15.3. The number of furan rings is 1. The van der Waals surface area contributed by atoms with Crippen molar-refractivity contribution in [3.8, 4) is 0 Å². The Morgan fingerprint density at radius 2 is 2.10 bits per heavy atom. The van der Waals surface area contributed by atoms with Crippen LogP contribution in [-0.4, -0.2) is 20.1 Å². The zero-order valence-corrected chi connectivity index (χ0v) is 12.7. The molecule has 2 aromatic rings. The van der Waals surface area contributed by atoms with Crippen molar-refractivity contribution in [1.82, 2.24) is 5.32 Å². The summed E-state index contributed by atoms with van der Waals surface area (Å²) in [6.45, 7) is 3.40. The van der Waals surface area contributed by atoms with Crippen LogP contribution in [0.25, 0.3) is 0 Å². The molecule has 112 valence electrons. The molecule has 0 spiro atoms. The second-order valence-corrected chi connectivity index (χ2v) is 6.96. The molecule has 0 bridgehead atoms. The van der Waals surface area contributed by atoms with Gasteiger partial charge in [0, 0.05) is 11.1 Å². The number of hydrogen-bond acceptors (Lipinski definition) is 4. The molecule has 0 aliphatic carbocycles. The largest absolute Gasteiger partial charge is 0.472 e. The first-order valence-corrected chi connectivity index (χ1v) is 8.25. The number of amides is 1. The molecule has 0 saturated heterocycles. The summed E-state index contributed by atoms with van der Waals surface area (Å²) in [6, 6.07) is 7.60. The number of carbonyl (C=O) groups is 1. The average Bonchev–Trinajstić information content (AvgIpc) is 3.01. The fourth-order valence-corrected chi connectivity index (χ4v) is 2.81. The summed E-state index contributed by atoms with van der Waals surface area (Å²) in [5.74, 6) is -0.319. The van der Waals surface area contributed by atoms with E-state index in [2.05, 4.69) is 5.32 Å². The number of benzene rings is 1. The van der Waals surface area contributed by atoms with Gasteiger partial charge in [-0.25, -0.2) is 8.42 Å². The lowest BCUT2D eigenvalue weighted by molar-refractivity contribution is 0.0939. The van der Waals surface area contributed by atoms with E-state index in [1.807, 2.05) is 6.92 Å². The monoisotopic (exact) mass is 307 g/mol. The number of nitrogens with one attached hydrogen (secondary N) is 1. The maximum Gasteiger partial charge on any atom is 0.251 e. The average molecular weight is 307 g/mol. The lowest BCUT2D eigenvalue weighted by atomic mass is 10.1. The predicted molar refractivity (Wildman–Crippen MR) is 78.8 cm³/mol. The minimum atomic E-state index is -3.32. The Morgan fingerprint density at radius 1 is 1.33 bits per heavy atom. The first-order chi connectivity index (χ1) is 9.94. The quantitative estimate of drug-likeness (QED) is 0.921. The van der Waals surface area contributed by atoms with Crippen molar-refractivity contribution in [2.75, 3.05) is 5.75 Å². The highest BCUT2D eigenvalue weighted by atomic mass is 32.2. The van der Waals surface area contributed by atoms with Crippen LogP contribution >= 0.6 is 0 Å². The minimum absolute atomic E-state index is 0.00347.